The van der Waals surface area contributed by atoms with Crippen LogP contribution in [0, 0.1) is 5.82 Å². The van der Waals surface area contributed by atoms with Crippen molar-refractivity contribution in [1.82, 2.24) is 62.4 Å². The Morgan fingerprint density at radius 1 is 0.722 bits per heavy atom. The van der Waals surface area contributed by atoms with E-state index in [0.29, 0.717) is 70.8 Å². The highest BCUT2D eigenvalue weighted by atomic mass is 32.2. The van der Waals surface area contributed by atoms with E-state index in [4.69, 9.17) is 11.5 Å². The predicted octanol–water partition coefficient (Wildman–Crippen LogP) is -0.0564. The van der Waals surface area contributed by atoms with Crippen LogP contribution in [0.5, 0.6) is 5.75 Å². The van der Waals surface area contributed by atoms with E-state index in [2.05, 4.69) is 57.5 Å². The summed E-state index contributed by atoms with van der Waals surface area (Å²) < 4.78 is 14.6. The molecule has 0 saturated carbocycles. The van der Waals surface area contributed by atoms with E-state index >= 15 is 0 Å². The fraction of sp³-hybridized carbons (Fsp3) is 0.433. The number of carbonyl (C=O) groups is 11. The van der Waals surface area contributed by atoms with Crippen molar-refractivity contribution < 1.29 is 67.3 Å². The molecule has 90 heavy (non-hydrogen) atoms. The van der Waals surface area contributed by atoms with Gasteiger partial charge >= 0.3 is 5.97 Å². The zero-order valence-corrected chi connectivity index (χ0v) is 51.0. The highest BCUT2D eigenvalue weighted by Crippen LogP contribution is 2.24. The van der Waals surface area contributed by atoms with Gasteiger partial charge in [-0.2, -0.15) is 23.5 Å². The summed E-state index contributed by atoms with van der Waals surface area (Å²) in [6, 6.07) is 5.95. The minimum absolute atomic E-state index is 0.0385. The number of H-pyrrole nitrogens is 2. The lowest BCUT2D eigenvalue weighted by Crippen LogP contribution is -2.60. The normalized spacial score (nSPS) is 23.1. The van der Waals surface area contributed by atoms with Crippen molar-refractivity contribution in [2.75, 3.05) is 31.1 Å². The molecule has 482 valence electrons. The molecule has 0 radical (unpaired) electrons. The fourth-order valence-electron chi connectivity index (χ4n) is 10.2. The van der Waals surface area contributed by atoms with Crippen LogP contribution in [0.4, 0.5) is 4.39 Å². The van der Waals surface area contributed by atoms with Crippen LogP contribution in [0.15, 0.2) is 85.5 Å². The lowest BCUT2D eigenvalue weighted by molar-refractivity contribution is -0.143. The smallest absolute Gasteiger partial charge is 0.305 e. The van der Waals surface area contributed by atoms with Crippen molar-refractivity contribution in [1.29, 1.82) is 0 Å². The number of carboxylic acid groups (broad SMARTS) is 1. The Kier molecular flexibility index (Phi) is 25.5. The van der Waals surface area contributed by atoms with Gasteiger partial charge in [0.05, 0.1) is 19.3 Å². The first-order chi connectivity index (χ1) is 43.1. The van der Waals surface area contributed by atoms with Crippen molar-refractivity contribution >= 4 is 99.5 Å². The largest absolute Gasteiger partial charge is 0.508 e. The van der Waals surface area contributed by atoms with Crippen LogP contribution in [0.2, 0.25) is 0 Å². The van der Waals surface area contributed by atoms with E-state index in [1.165, 1.54) is 96.5 Å². The number of nitrogens with one attached hydrogen (secondary N) is 10. The molecule has 8 atom stereocenters. The minimum Gasteiger partial charge on any atom is -0.508 e. The average Bonchev–Trinajstić information content (AvgIpc) is 2.21. The number of unbranched alkanes of at least 4 members (excludes halogenated alkanes) is 1. The number of fused-ring (bicyclic) bond motifs is 4. The Balaban J connectivity index is 1.17. The SMILES string of the molecule is C[C@@H]1NC(=O)[C@H](Cc2c[nH]c3ccc(F)cc23)NC(=O)CNC(=O)[C@H](CCCCN)NC(=O)CCSCc2cccc(c2)CSC[C@@H](C(N)=O)NC(=O)[C@@H]2CCCN2C(=O)[C@H](Cc2ccc(O)cc2)NC(=O)[C@H](Cc2cnc[nH]2)NC(=O)[C@H](CC(=O)O)NC1=O. The number of thioether (sulfide) groups is 2. The number of carbonyl (C=O) groups excluding carboxylic acids is 10. The van der Waals surface area contributed by atoms with Crippen LogP contribution in [0.1, 0.15) is 79.8 Å². The van der Waals surface area contributed by atoms with Crippen LogP contribution < -0.4 is 54.0 Å². The van der Waals surface area contributed by atoms with E-state index in [9.17, 15) is 67.3 Å². The van der Waals surface area contributed by atoms with E-state index in [1.54, 1.807) is 0 Å². The summed E-state index contributed by atoms with van der Waals surface area (Å²) in [5, 5.41) is 41.0. The summed E-state index contributed by atoms with van der Waals surface area (Å²) in [7, 11) is 0. The summed E-state index contributed by atoms with van der Waals surface area (Å²) in [6.07, 6.45) is 4.04. The van der Waals surface area contributed by atoms with Gasteiger partial charge in [-0.05, 0) is 98.2 Å². The number of aromatic amines is 2. The Hall–Kier alpha value is -9.03. The highest BCUT2D eigenvalue weighted by molar-refractivity contribution is 7.98. The van der Waals surface area contributed by atoms with Crippen molar-refractivity contribution in [2.24, 2.45) is 11.5 Å². The van der Waals surface area contributed by atoms with E-state index in [0.717, 1.165) is 11.1 Å². The second-order valence-electron chi connectivity index (χ2n) is 21.9. The number of nitrogens with two attached hydrogens (primary N) is 2. The van der Waals surface area contributed by atoms with Gasteiger partial charge in [-0.3, -0.25) is 52.7 Å². The number of phenolic OH excluding ortho intramolecular Hbond substituents is 1. The molecule has 7 rings (SSSR count). The number of halogens is 1. The van der Waals surface area contributed by atoms with Gasteiger partial charge < -0.3 is 79.1 Å². The molecule has 1 fully saturated rings. The Morgan fingerprint density at radius 2 is 1.41 bits per heavy atom. The fourth-order valence-corrected chi connectivity index (χ4v) is 12.1. The number of primary amides is 1. The Morgan fingerprint density at radius 3 is 2.12 bits per heavy atom. The molecule has 5 aromatic rings. The van der Waals surface area contributed by atoms with Gasteiger partial charge in [0.25, 0.3) is 0 Å². The molecule has 4 heterocycles. The molecule has 2 aliphatic rings. The number of nitrogens with zero attached hydrogens (tertiary/aromatic N) is 2. The van der Waals surface area contributed by atoms with Gasteiger partial charge in [-0.1, -0.05) is 36.4 Å². The van der Waals surface area contributed by atoms with Crippen LogP contribution in [0.25, 0.3) is 10.9 Å². The number of amides is 10. The van der Waals surface area contributed by atoms with Crippen LogP contribution in [-0.2, 0) is 83.5 Å². The van der Waals surface area contributed by atoms with Crippen LogP contribution in [-0.4, -0.2) is 175 Å². The number of aromatic hydroxyl groups is 1. The molecular formula is C60H75FN14O13S2. The first-order valence-corrected chi connectivity index (χ1v) is 31.6. The number of hydrogen-bond donors (Lipinski definition) is 14. The maximum absolute atomic E-state index is 14.8. The first-order valence-electron chi connectivity index (χ1n) is 29.3. The number of phenols is 1. The summed E-state index contributed by atoms with van der Waals surface area (Å²) in [5.74, 6) is -9.29. The van der Waals surface area contributed by atoms with Gasteiger partial charge in [0, 0.05) is 84.2 Å². The van der Waals surface area contributed by atoms with E-state index < -0.39 is 132 Å². The van der Waals surface area contributed by atoms with Crippen molar-refractivity contribution in [3.8, 4) is 5.75 Å². The zero-order chi connectivity index (χ0) is 64.9. The molecule has 2 aliphatic heterocycles. The number of aromatic nitrogens is 3. The summed E-state index contributed by atoms with van der Waals surface area (Å²) in [5.41, 5.74) is 15.0. The van der Waals surface area contributed by atoms with E-state index in [1.807, 2.05) is 24.3 Å². The molecule has 0 spiro atoms. The molecule has 0 aliphatic carbocycles. The molecule has 16 N–H and O–H groups in total. The van der Waals surface area contributed by atoms with Crippen molar-refractivity contribution in [2.45, 2.75) is 131 Å². The van der Waals surface area contributed by atoms with Gasteiger partial charge in [0.1, 0.15) is 59.9 Å². The second-order valence-corrected chi connectivity index (χ2v) is 24.0. The standard InChI is InChI=1S/C60H75FN14O13S2/c1-33-54(82)71-46(25-52(79)80)58(86)72-45(24-39-27-64-32-67-39)57(85)73-47(21-34-10-13-40(76)14-11-34)60(88)75-18-5-9-49(75)59(87)74-48(53(63)81)31-90-30-36-7-4-6-35(20-36)29-89-19-16-50(77)69-43(8-2-3-17-62)55(83)66-28-51(78)70-44(56(84)68-33)22-37-26-65-42-15-12-38(61)23-41(37)42/h4,6-7,10-15,20,23,26-27,32-33,43-49,65,76H,2-3,5,8-9,16-19,21-22,24-25,28-31,62H2,1H3,(H2,63,81)(H,64,67)(H,66,83)(H,68,84)(H,69,77)(H,70,78)(H,71,82)(H,72,86)(H,73,85)(H,74,87)(H,79,80)/t33-,43-,44-,45-,46-,47-,48-,49-/m0/s1. The third-order valence-electron chi connectivity index (χ3n) is 15.0. The lowest BCUT2D eigenvalue weighted by Gasteiger charge is -2.31. The molecule has 3 aromatic carbocycles. The predicted molar refractivity (Wildman–Crippen MR) is 331 cm³/mol. The molecule has 2 aromatic heterocycles. The third-order valence-corrected chi connectivity index (χ3v) is 17.1. The second kappa shape index (κ2) is 33.5. The quantitative estimate of drug-likeness (QED) is 0.0687. The van der Waals surface area contributed by atoms with Gasteiger partial charge in [0.2, 0.25) is 59.1 Å². The summed E-state index contributed by atoms with van der Waals surface area (Å²) >= 11 is 2.81. The molecule has 30 heteroatoms. The zero-order valence-electron chi connectivity index (χ0n) is 49.4. The van der Waals surface area contributed by atoms with Gasteiger partial charge in [-0.25, -0.2) is 9.37 Å². The van der Waals surface area contributed by atoms with Crippen molar-refractivity contribution in [3.63, 3.8) is 0 Å². The monoisotopic (exact) mass is 1280 g/mol. The summed E-state index contributed by atoms with van der Waals surface area (Å²) in [6.45, 7) is 0.914. The number of carboxylic acids is 1. The molecule has 0 unspecified atom stereocenters. The number of hydrogen-bond acceptors (Lipinski definition) is 16. The van der Waals surface area contributed by atoms with Crippen LogP contribution >= 0.6 is 23.5 Å². The number of rotatable bonds is 13. The Labute approximate surface area is 525 Å². The topological polar surface area (TPSA) is 424 Å². The maximum Gasteiger partial charge on any atom is 0.305 e. The van der Waals surface area contributed by atoms with Crippen molar-refractivity contribution in [3.05, 3.63) is 119 Å². The Bertz CT molecular complexity index is 3370. The van der Waals surface area contributed by atoms with E-state index in [-0.39, 0.29) is 56.6 Å². The third kappa shape index (κ3) is 20.5. The van der Waals surface area contributed by atoms with Gasteiger partial charge in [0.15, 0.2) is 0 Å². The highest BCUT2D eigenvalue weighted by Gasteiger charge is 2.40. The molecule has 1 saturated heterocycles. The molecule has 10 amide bonds. The number of imidazole rings is 1. The number of aliphatic carboxylic acids is 1. The summed E-state index contributed by atoms with van der Waals surface area (Å²) in [4.78, 5) is 163. The van der Waals surface area contributed by atoms with Gasteiger partial charge in [-0.15, -0.1) is 0 Å². The molecular weight excluding hydrogens is 1210 g/mol. The maximum atomic E-state index is 14.8. The first kappa shape index (κ1) is 68.5. The van der Waals surface area contributed by atoms with Crippen LogP contribution in [0.3, 0.4) is 0 Å². The molecule has 27 nitrogen and oxygen atoms in total. The molecule has 2 bridgehead atoms. The average molecular weight is 1280 g/mol. The minimum atomic E-state index is -1.91. The number of benzene rings is 3. The lowest BCUT2D eigenvalue weighted by atomic mass is 10.0.